The largest absolute Gasteiger partial charge is 0.345 e. The Morgan fingerprint density at radius 1 is 1.06 bits per heavy atom. The van der Waals surface area contributed by atoms with Gasteiger partial charge < -0.3 is 10.2 Å². The molecule has 1 fully saturated rings. The predicted molar refractivity (Wildman–Crippen MR) is 124 cm³/mol. The highest BCUT2D eigenvalue weighted by molar-refractivity contribution is 6.42. The minimum absolute atomic E-state index is 0.00273. The zero-order valence-corrected chi connectivity index (χ0v) is 19.4. The Morgan fingerprint density at radius 3 is 2.41 bits per heavy atom. The molecular weight excluding hydrogens is 434 g/mol. The fourth-order valence-corrected chi connectivity index (χ4v) is 4.35. The summed E-state index contributed by atoms with van der Waals surface area (Å²) in [5, 5.41) is 4.90. The first-order chi connectivity index (χ1) is 16.1. The van der Waals surface area contributed by atoms with E-state index in [9.17, 15) is 24.0 Å². The lowest BCUT2D eigenvalue weighted by Crippen LogP contribution is -2.52. The Kier molecular flexibility index (Phi) is 6.08. The Balaban J connectivity index is 1.45. The quantitative estimate of drug-likeness (QED) is 0.403. The lowest BCUT2D eigenvalue weighted by atomic mass is 9.86. The second-order valence-corrected chi connectivity index (χ2v) is 9.69. The van der Waals surface area contributed by atoms with Crippen LogP contribution in [0, 0.1) is 0 Å². The topological polar surface area (TPSA) is 113 Å². The van der Waals surface area contributed by atoms with E-state index in [1.54, 1.807) is 30.3 Å². The molecule has 4 rings (SSSR count). The smallest absolute Gasteiger partial charge is 0.292 e. The van der Waals surface area contributed by atoms with Crippen LogP contribution in [0.1, 0.15) is 71.0 Å². The number of benzene rings is 2. The molecule has 0 bridgehead atoms. The van der Waals surface area contributed by atoms with E-state index < -0.39 is 23.6 Å². The maximum absolute atomic E-state index is 13.1. The summed E-state index contributed by atoms with van der Waals surface area (Å²) in [7, 11) is 0. The molecule has 34 heavy (non-hydrogen) atoms. The highest BCUT2D eigenvalue weighted by Crippen LogP contribution is 2.30. The summed E-state index contributed by atoms with van der Waals surface area (Å²) in [6, 6.07) is 11.5. The molecular formula is C26H27N3O5. The number of hydrogen-bond acceptors (Lipinski definition) is 5. The van der Waals surface area contributed by atoms with Crippen LogP contribution in [0.4, 0.5) is 0 Å². The van der Waals surface area contributed by atoms with Gasteiger partial charge in [-0.05, 0) is 28.5 Å². The van der Waals surface area contributed by atoms with Gasteiger partial charge in [-0.1, -0.05) is 63.2 Å². The molecule has 0 saturated carbocycles. The van der Waals surface area contributed by atoms with Crippen LogP contribution < -0.4 is 10.6 Å². The van der Waals surface area contributed by atoms with Gasteiger partial charge in [-0.25, -0.2) is 0 Å². The molecule has 0 aliphatic carbocycles. The van der Waals surface area contributed by atoms with Gasteiger partial charge in [0, 0.05) is 30.6 Å². The van der Waals surface area contributed by atoms with E-state index in [1.807, 2.05) is 12.1 Å². The summed E-state index contributed by atoms with van der Waals surface area (Å²) in [5.74, 6) is -2.54. The van der Waals surface area contributed by atoms with Crippen molar-refractivity contribution in [1.82, 2.24) is 15.5 Å². The number of piperidine rings is 1. The summed E-state index contributed by atoms with van der Waals surface area (Å²) in [4.78, 5) is 63.4. The normalized spacial score (nSPS) is 17.9. The average molecular weight is 462 g/mol. The molecule has 1 unspecified atom stereocenters. The molecule has 0 aromatic heterocycles. The maximum atomic E-state index is 13.1. The standard InChI is InChI=1S/C26H27N3O5/c1-26(2,3)18-9-7-15(8-10-18)22(31)24(33)27-13-16-5-4-6-17-14-29(25(34)21(16)17)19-11-12-20(30)28-23(19)32/h4-10,19H,11-14H2,1-3H3,(H,27,33)(H,28,30,32). The van der Waals surface area contributed by atoms with Crippen LogP contribution in [0.3, 0.4) is 0 Å². The molecule has 2 aliphatic heterocycles. The van der Waals surface area contributed by atoms with Crippen molar-refractivity contribution in [3.05, 3.63) is 70.3 Å². The van der Waals surface area contributed by atoms with Crippen molar-refractivity contribution in [3.8, 4) is 0 Å². The molecule has 176 valence electrons. The third-order valence-corrected chi connectivity index (χ3v) is 6.30. The lowest BCUT2D eigenvalue weighted by Gasteiger charge is -2.29. The second-order valence-electron chi connectivity index (χ2n) is 9.69. The van der Waals surface area contributed by atoms with Crippen LogP contribution in [0.15, 0.2) is 42.5 Å². The van der Waals surface area contributed by atoms with Gasteiger partial charge in [0.1, 0.15) is 6.04 Å². The van der Waals surface area contributed by atoms with Crippen molar-refractivity contribution in [3.63, 3.8) is 0 Å². The van der Waals surface area contributed by atoms with Crippen molar-refractivity contribution in [2.75, 3.05) is 0 Å². The lowest BCUT2D eigenvalue weighted by molar-refractivity contribution is -0.137. The van der Waals surface area contributed by atoms with E-state index in [0.717, 1.165) is 11.1 Å². The van der Waals surface area contributed by atoms with Crippen molar-refractivity contribution in [2.45, 2.75) is 58.2 Å². The molecule has 1 saturated heterocycles. The predicted octanol–water partition coefficient (Wildman–Crippen LogP) is 2.24. The molecule has 2 N–H and O–H groups in total. The van der Waals surface area contributed by atoms with Gasteiger partial charge in [0.2, 0.25) is 17.6 Å². The molecule has 1 atom stereocenters. The summed E-state index contributed by atoms with van der Waals surface area (Å²) < 4.78 is 0. The Labute approximate surface area is 197 Å². The van der Waals surface area contributed by atoms with Gasteiger partial charge in [0.15, 0.2) is 0 Å². The first-order valence-corrected chi connectivity index (χ1v) is 11.2. The van der Waals surface area contributed by atoms with Gasteiger partial charge >= 0.3 is 0 Å². The highest BCUT2D eigenvalue weighted by Gasteiger charge is 2.40. The number of hydrogen-bond donors (Lipinski definition) is 2. The molecule has 4 amide bonds. The average Bonchev–Trinajstić information content (AvgIpc) is 3.13. The first-order valence-electron chi connectivity index (χ1n) is 11.2. The van der Waals surface area contributed by atoms with Crippen molar-refractivity contribution >= 4 is 29.4 Å². The zero-order valence-electron chi connectivity index (χ0n) is 19.4. The Bertz CT molecular complexity index is 1190. The van der Waals surface area contributed by atoms with Gasteiger partial charge in [0.05, 0.1) is 0 Å². The molecule has 2 heterocycles. The van der Waals surface area contributed by atoms with E-state index in [-0.39, 0.29) is 43.2 Å². The number of ketones is 1. The maximum Gasteiger partial charge on any atom is 0.292 e. The fraction of sp³-hybridized carbons (Fsp3) is 0.346. The summed E-state index contributed by atoms with van der Waals surface area (Å²) in [6.07, 6.45) is 0.456. The molecule has 8 nitrogen and oxygen atoms in total. The van der Waals surface area contributed by atoms with E-state index in [1.165, 1.54) is 4.90 Å². The van der Waals surface area contributed by atoms with Crippen LogP contribution in [0.25, 0.3) is 0 Å². The van der Waals surface area contributed by atoms with Crippen LogP contribution >= 0.6 is 0 Å². The third kappa shape index (κ3) is 4.48. The van der Waals surface area contributed by atoms with Crippen LogP contribution in [-0.2, 0) is 32.9 Å². The summed E-state index contributed by atoms with van der Waals surface area (Å²) in [6.45, 7) is 6.45. The Morgan fingerprint density at radius 2 is 1.76 bits per heavy atom. The molecule has 2 aromatic rings. The third-order valence-electron chi connectivity index (χ3n) is 6.30. The number of rotatable bonds is 5. The van der Waals surface area contributed by atoms with Gasteiger partial charge in [-0.3, -0.25) is 29.3 Å². The minimum atomic E-state index is -0.756. The number of carbonyl (C=O) groups excluding carboxylic acids is 5. The van der Waals surface area contributed by atoms with Gasteiger partial charge in [-0.2, -0.15) is 0 Å². The van der Waals surface area contributed by atoms with E-state index in [4.69, 9.17) is 0 Å². The number of imide groups is 1. The number of carbonyl (C=O) groups is 5. The number of nitrogens with zero attached hydrogens (tertiary/aromatic N) is 1. The monoisotopic (exact) mass is 461 g/mol. The van der Waals surface area contributed by atoms with Crippen molar-refractivity contribution < 1.29 is 24.0 Å². The summed E-state index contributed by atoms with van der Waals surface area (Å²) >= 11 is 0. The van der Waals surface area contributed by atoms with E-state index in [2.05, 4.69) is 31.4 Å². The molecule has 0 radical (unpaired) electrons. The van der Waals surface area contributed by atoms with Crippen LogP contribution in [-0.4, -0.2) is 40.4 Å². The van der Waals surface area contributed by atoms with Crippen molar-refractivity contribution in [2.24, 2.45) is 0 Å². The molecule has 2 aliphatic rings. The number of amides is 4. The van der Waals surface area contributed by atoms with Crippen LogP contribution in [0.5, 0.6) is 0 Å². The molecule has 0 spiro atoms. The number of fused-ring (bicyclic) bond motifs is 1. The van der Waals surface area contributed by atoms with Crippen molar-refractivity contribution in [1.29, 1.82) is 0 Å². The molecule has 2 aromatic carbocycles. The highest BCUT2D eigenvalue weighted by atomic mass is 16.2. The summed E-state index contributed by atoms with van der Waals surface area (Å²) in [5.41, 5.74) is 3.03. The number of nitrogens with one attached hydrogen (secondary N) is 2. The first kappa shape index (κ1) is 23.4. The Hall–Kier alpha value is -3.81. The van der Waals surface area contributed by atoms with Crippen LogP contribution in [0.2, 0.25) is 0 Å². The van der Waals surface area contributed by atoms with Gasteiger partial charge in [-0.15, -0.1) is 0 Å². The SMILES string of the molecule is CC(C)(C)c1ccc(C(=O)C(=O)NCc2cccc3c2C(=O)N(C2CCC(=O)NC2=O)C3)cc1. The fourth-order valence-electron chi connectivity index (χ4n) is 4.35. The zero-order chi connectivity index (χ0) is 24.6. The second kappa shape index (κ2) is 8.85. The molecule has 8 heteroatoms. The van der Waals surface area contributed by atoms with E-state index >= 15 is 0 Å². The number of Topliss-reactive ketones (excluding diaryl/α,β-unsaturated/α-hetero) is 1. The van der Waals surface area contributed by atoms with E-state index in [0.29, 0.717) is 16.7 Å². The minimum Gasteiger partial charge on any atom is -0.345 e. The van der Waals surface area contributed by atoms with Gasteiger partial charge in [0.25, 0.3) is 11.8 Å².